The van der Waals surface area contributed by atoms with E-state index in [4.69, 9.17) is 9.47 Å². The van der Waals surface area contributed by atoms with Gasteiger partial charge in [0.2, 0.25) is 5.78 Å². The average molecular weight is 482 g/mol. The van der Waals surface area contributed by atoms with Gasteiger partial charge in [-0.2, -0.15) is 0 Å². The number of carbonyl (C=O) groups is 1. The highest BCUT2D eigenvalue weighted by Gasteiger charge is 2.34. The number of ketones is 1. The van der Waals surface area contributed by atoms with Crippen molar-refractivity contribution in [2.75, 3.05) is 20.2 Å². The van der Waals surface area contributed by atoms with E-state index in [2.05, 4.69) is 0 Å². The Morgan fingerprint density at radius 2 is 1.65 bits per heavy atom. The molecule has 1 aliphatic heterocycles. The maximum atomic E-state index is 13.0. The first-order valence-corrected chi connectivity index (χ1v) is 11.6. The maximum absolute atomic E-state index is 13.0. The van der Waals surface area contributed by atoms with Gasteiger partial charge in [0.05, 0.1) is 13.7 Å². The second kappa shape index (κ2) is 12.6. The van der Waals surface area contributed by atoms with Gasteiger partial charge in [0.1, 0.15) is 36.8 Å². The number of halogens is 1. The van der Waals surface area contributed by atoms with Crippen molar-refractivity contribution in [1.29, 1.82) is 0 Å². The number of aliphatic hydroxyl groups is 1. The summed E-state index contributed by atoms with van der Waals surface area (Å²) >= 11 is 0. The second-order valence-corrected chi connectivity index (χ2v) is 8.63. The molecule has 0 saturated carbocycles. The number of aliphatic hydroxyl groups excluding tert-OH is 1. The van der Waals surface area contributed by atoms with Crippen molar-refractivity contribution in [3.8, 4) is 11.5 Å². The van der Waals surface area contributed by atoms with Crippen molar-refractivity contribution in [2.24, 2.45) is 0 Å². The van der Waals surface area contributed by atoms with E-state index in [1.807, 2.05) is 78.9 Å². The fourth-order valence-corrected chi connectivity index (χ4v) is 4.53. The van der Waals surface area contributed by atoms with E-state index in [1.165, 1.54) is 0 Å². The first kappa shape index (κ1) is 25.8. The molecule has 0 bridgehead atoms. The molecule has 0 amide bonds. The van der Waals surface area contributed by atoms with Crippen LogP contribution in [0.1, 0.15) is 46.9 Å². The predicted molar refractivity (Wildman–Crippen MR) is 128 cm³/mol. The summed E-state index contributed by atoms with van der Waals surface area (Å²) in [5, 5.41) is 11.1. The van der Waals surface area contributed by atoms with Gasteiger partial charge in [0.15, 0.2) is 0 Å². The number of rotatable bonds is 9. The summed E-state index contributed by atoms with van der Waals surface area (Å²) < 4.78 is 11.1. The Kier molecular flexibility index (Phi) is 9.52. The molecule has 0 radical (unpaired) electrons. The van der Waals surface area contributed by atoms with E-state index in [1.54, 1.807) is 7.11 Å². The summed E-state index contributed by atoms with van der Waals surface area (Å²) in [6.45, 7) is 1.76. The Morgan fingerprint density at radius 1 is 0.971 bits per heavy atom. The summed E-state index contributed by atoms with van der Waals surface area (Å²) in [5.74, 6) is 1.60. The number of quaternary nitrogens is 1. The van der Waals surface area contributed by atoms with Crippen LogP contribution in [0.4, 0.5) is 0 Å². The van der Waals surface area contributed by atoms with Crippen LogP contribution in [0, 0.1) is 0 Å². The van der Waals surface area contributed by atoms with Gasteiger partial charge in [-0.1, -0.05) is 42.5 Å². The highest BCUT2D eigenvalue weighted by Crippen LogP contribution is 2.23. The Bertz CT molecular complexity index is 1020. The summed E-state index contributed by atoms with van der Waals surface area (Å²) in [5.41, 5.74) is 2.65. The lowest BCUT2D eigenvalue weighted by atomic mass is 9.92. The molecule has 1 fully saturated rings. The zero-order chi connectivity index (χ0) is 23.0. The molecule has 180 valence electrons. The van der Waals surface area contributed by atoms with Crippen LogP contribution in [-0.2, 0) is 6.61 Å². The van der Waals surface area contributed by atoms with E-state index in [9.17, 15) is 9.90 Å². The molecule has 1 heterocycles. The molecular formula is C28H32ClNO4. The second-order valence-electron chi connectivity index (χ2n) is 8.63. The lowest BCUT2D eigenvalue weighted by Gasteiger charge is -2.35. The number of nitrogens with one attached hydrogen (secondary N) is 1. The summed E-state index contributed by atoms with van der Waals surface area (Å²) in [6.07, 6.45) is 2.44. The lowest BCUT2D eigenvalue weighted by molar-refractivity contribution is -0.927. The molecule has 34 heavy (non-hydrogen) atoms. The van der Waals surface area contributed by atoms with Gasteiger partial charge >= 0.3 is 0 Å². The molecule has 6 heteroatoms. The topological polar surface area (TPSA) is 60.2 Å². The number of benzene rings is 3. The fraction of sp³-hybridized carbons (Fsp3) is 0.321. The van der Waals surface area contributed by atoms with Gasteiger partial charge < -0.3 is 31.9 Å². The van der Waals surface area contributed by atoms with Crippen molar-refractivity contribution >= 4 is 5.78 Å². The number of hydrogen-bond acceptors (Lipinski definition) is 4. The number of methoxy groups -OCH3 is 1. The van der Waals surface area contributed by atoms with Crippen LogP contribution in [0.25, 0.3) is 0 Å². The molecule has 0 aliphatic carbocycles. The molecule has 5 nitrogen and oxygen atoms in total. The first-order valence-electron chi connectivity index (χ1n) is 11.6. The molecule has 3 aromatic carbocycles. The summed E-state index contributed by atoms with van der Waals surface area (Å²) in [7, 11) is 1.63. The molecule has 3 aromatic rings. The van der Waals surface area contributed by atoms with E-state index in [0.29, 0.717) is 18.7 Å². The molecular weight excluding hydrogens is 450 g/mol. The normalized spacial score (nSPS) is 18.4. The molecule has 0 spiro atoms. The van der Waals surface area contributed by atoms with Gasteiger partial charge in [-0.25, -0.2) is 0 Å². The van der Waals surface area contributed by atoms with Gasteiger partial charge in [-0.3, -0.25) is 4.79 Å². The van der Waals surface area contributed by atoms with Crippen molar-refractivity contribution in [3.05, 3.63) is 95.6 Å². The molecule has 4 rings (SSSR count). The van der Waals surface area contributed by atoms with E-state index < -0.39 is 6.10 Å². The third kappa shape index (κ3) is 6.60. The zero-order valence-electron chi connectivity index (χ0n) is 19.5. The Balaban J connectivity index is 0.00000324. The molecule has 1 aliphatic rings. The Labute approximate surface area is 207 Å². The maximum Gasteiger partial charge on any atom is 0.216 e. The number of carbonyl (C=O) groups excluding carboxylic acids is 1. The number of hydrogen-bond donors (Lipinski definition) is 2. The summed E-state index contributed by atoms with van der Waals surface area (Å²) in [4.78, 5) is 14.2. The number of ether oxygens (including phenoxy) is 2. The lowest BCUT2D eigenvalue weighted by Crippen LogP contribution is -3.17. The van der Waals surface area contributed by atoms with Crippen LogP contribution in [-0.4, -0.2) is 37.1 Å². The fourth-order valence-electron chi connectivity index (χ4n) is 4.53. The minimum Gasteiger partial charge on any atom is -1.00 e. The third-order valence-corrected chi connectivity index (χ3v) is 6.44. The van der Waals surface area contributed by atoms with Crippen LogP contribution < -0.4 is 26.8 Å². The minimum atomic E-state index is -0.604. The molecule has 0 aromatic heterocycles. The van der Waals surface area contributed by atoms with E-state index in [0.717, 1.165) is 53.3 Å². The van der Waals surface area contributed by atoms with Crippen molar-refractivity contribution in [2.45, 2.75) is 38.0 Å². The van der Waals surface area contributed by atoms with Crippen molar-refractivity contribution in [1.82, 2.24) is 0 Å². The SMILES string of the molecule is COc1ccc(C(O)C2CCCC[NH+]2CC(=O)c2ccc(OCc3ccccc3)cc2)cc1.[Cl-]. The standard InChI is InChI=1S/C28H31NO4.ClH/c1-32-24-14-12-23(13-15-24)28(31)26-9-5-6-18-29(26)19-27(30)22-10-16-25(17-11-22)33-20-21-7-3-2-4-8-21;/h2-4,7-8,10-17,26,28,31H,5-6,9,18-20H2,1H3;1H. The zero-order valence-corrected chi connectivity index (χ0v) is 20.2. The average Bonchev–Trinajstić information content (AvgIpc) is 2.88. The largest absolute Gasteiger partial charge is 1.00 e. The van der Waals surface area contributed by atoms with Crippen molar-refractivity contribution < 1.29 is 36.7 Å². The third-order valence-electron chi connectivity index (χ3n) is 6.44. The Hall–Kier alpha value is -2.86. The van der Waals surface area contributed by atoms with Crippen LogP contribution in [0.15, 0.2) is 78.9 Å². The van der Waals surface area contributed by atoms with E-state index in [-0.39, 0.29) is 24.2 Å². The van der Waals surface area contributed by atoms with Crippen LogP contribution in [0.3, 0.4) is 0 Å². The van der Waals surface area contributed by atoms with E-state index >= 15 is 0 Å². The minimum absolute atomic E-state index is 0. The molecule has 1 saturated heterocycles. The number of likely N-dealkylation sites (tertiary alicyclic amines) is 1. The monoisotopic (exact) mass is 481 g/mol. The first-order chi connectivity index (χ1) is 16.1. The summed E-state index contributed by atoms with van der Waals surface area (Å²) in [6, 6.07) is 24.9. The van der Waals surface area contributed by atoms with Gasteiger partial charge in [-0.15, -0.1) is 0 Å². The highest BCUT2D eigenvalue weighted by molar-refractivity contribution is 5.96. The highest BCUT2D eigenvalue weighted by atomic mass is 35.5. The smallest absolute Gasteiger partial charge is 0.216 e. The molecule has 2 N–H and O–H groups in total. The van der Waals surface area contributed by atoms with Crippen LogP contribution in [0.5, 0.6) is 11.5 Å². The number of piperidine rings is 1. The molecule has 3 unspecified atom stereocenters. The van der Waals surface area contributed by atoms with Crippen molar-refractivity contribution in [3.63, 3.8) is 0 Å². The number of Topliss-reactive ketones (excluding diaryl/α,β-unsaturated/α-hetero) is 1. The van der Waals surface area contributed by atoms with Gasteiger partial charge in [0.25, 0.3) is 0 Å². The van der Waals surface area contributed by atoms with Gasteiger partial charge in [0, 0.05) is 12.0 Å². The van der Waals surface area contributed by atoms with Gasteiger partial charge in [-0.05, 0) is 60.4 Å². The van der Waals surface area contributed by atoms with Crippen LogP contribution >= 0.6 is 0 Å². The predicted octanol–water partition coefficient (Wildman–Crippen LogP) is 0.632. The molecule has 3 atom stereocenters. The Morgan fingerprint density at radius 3 is 2.32 bits per heavy atom. The van der Waals surface area contributed by atoms with Crippen LogP contribution in [0.2, 0.25) is 0 Å². The quantitative estimate of drug-likeness (QED) is 0.440.